The second-order valence-corrected chi connectivity index (χ2v) is 6.26. The molecule has 6 heteroatoms. The van der Waals surface area contributed by atoms with Gasteiger partial charge in [-0.05, 0) is 43.3 Å². The molecule has 0 radical (unpaired) electrons. The average molecular weight is 461 g/mol. The lowest BCUT2D eigenvalue weighted by molar-refractivity contribution is 0.196. The lowest BCUT2D eigenvalue weighted by atomic mass is 10.1. The Labute approximate surface area is 198 Å². The number of hydrogen-bond acceptors (Lipinski definition) is 4. The van der Waals surface area contributed by atoms with E-state index in [1.54, 1.807) is 26.3 Å². The van der Waals surface area contributed by atoms with Gasteiger partial charge in [0.1, 0.15) is 11.5 Å². The van der Waals surface area contributed by atoms with Gasteiger partial charge in [0, 0.05) is 19.7 Å². The largest absolute Gasteiger partial charge is 0.497 e. The number of hydrogen-bond donors (Lipinski definition) is 0. The van der Waals surface area contributed by atoms with Crippen LogP contribution < -0.4 is 4.74 Å². The van der Waals surface area contributed by atoms with E-state index >= 15 is 0 Å². The predicted molar refractivity (Wildman–Crippen MR) is 140 cm³/mol. The number of nitrogens with zero attached hydrogens (tertiary/aromatic N) is 2. The number of aliphatic imine (C=N–C) groups is 2. The quantitative estimate of drug-likeness (QED) is 0.253. The number of alkyl halides is 2. The van der Waals surface area contributed by atoms with E-state index in [0.717, 1.165) is 23.3 Å². The second kappa shape index (κ2) is 19.4. The van der Waals surface area contributed by atoms with Crippen molar-refractivity contribution in [3.63, 3.8) is 0 Å². The zero-order chi connectivity index (χ0) is 25.8. The molecule has 0 amide bonds. The van der Waals surface area contributed by atoms with Gasteiger partial charge >= 0.3 is 6.43 Å². The van der Waals surface area contributed by atoms with Crippen LogP contribution in [0.1, 0.15) is 44.4 Å². The fourth-order valence-electron chi connectivity index (χ4n) is 2.17. The molecule has 0 bridgehead atoms. The first kappa shape index (κ1) is 31.9. The second-order valence-electron chi connectivity index (χ2n) is 6.26. The van der Waals surface area contributed by atoms with Crippen molar-refractivity contribution in [2.45, 2.75) is 40.5 Å². The molecule has 0 unspecified atom stereocenters. The molecule has 0 atom stereocenters. The Morgan fingerprint density at radius 3 is 1.73 bits per heavy atom. The highest BCUT2D eigenvalue weighted by Gasteiger charge is 2.15. The summed E-state index contributed by atoms with van der Waals surface area (Å²) < 4.78 is 34.7. The van der Waals surface area contributed by atoms with E-state index < -0.39 is 12.3 Å². The summed E-state index contributed by atoms with van der Waals surface area (Å²) in [6, 6.07) is 15.3. The number of ether oxygens (including phenoxy) is 2. The van der Waals surface area contributed by atoms with E-state index in [0.29, 0.717) is 5.56 Å². The van der Waals surface area contributed by atoms with E-state index in [-0.39, 0.29) is 5.76 Å². The first-order chi connectivity index (χ1) is 15.7. The molecule has 0 fully saturated rings. The molecule has 0 aliphatic heterocycles. The molecule has 2 rings (SSSR count). The molecule has 4 nitrogen and oxygen atoms in total. The van der Waals surface area contributed by atoms with Crippen LogP contribution in [-0.2, 0) is 11.2 Å². The molecule has 0 aromatic heterocycles. The van der Waals surface area contributed by atoms with E-state index in [9.17, 15) is 8.78 Å². The molecule has 33 heavy (non-hydrogen) atoms. The molecule has 0 saturated carbocycles. The summed E-state index contributed by atoms with van der Waals surface area (Å²) >= 11 is 0. The minimum absolute atomic E-state index is 0.175. The fraction of sp³-hybridized carbons (Fsp3) is 0.333. The minimum Gasteiger partial charge on any atom is -0.497 e. The van der Waals surface area contributed by atoms with Crippen molar-refractivity contribution < 1.29 is 18.3 Å². The van der Waals surface area contributed by atoms with Gasteiger partial charge in [0.25, 0.3) is 5.90 Å². The van der Waals surface area contributed by atoms with Crippen molar-refractivity contribution in [2.75, 3.05) is 21.2 Å². The lowest BCUT2D eigenvalue weighted by Gasteiger charge is -2.10. The smallest absolute Gasteiger partial charge is 0.312 e. The van der Waals surface area contributed by atoms with Gasteiger partial charge in [0.2, 0.25) is 0 Å². The van der Waals surface area contributed by atoms with Gasteiger partial charge in [-0.1, -0.05) is 75.9 Å². The monoisotopic (exact) mass is 460 g/mol. The maximum atomic E-state index is 12.4. The normalized spacial score (nSPS) is 9.70. The number of aryl methyl sites for hydroxylation is 1. The number of benzene rings is 2. The maximum absolute atomic E-state index is 12.4. The van der Waals surface area contributed by atoms with Gasteiger partial charge in [0.05, 0.1) is 7.11 Å². The summed E-state index contributed by atoms with van der Waals surface area (Å²) in [6.07, 6.45) is -1.81. The van der Waals surface area contributed by atoms with Crippen LogP contribution in [0, 0.1) is 0 Å². The molecule has 0 spiro atoms. The highest BCUT2D eigenvalue weighted by molar-refractivity contribution is 5.84. The third-order valence-corrected chi connectivity index (χ3v) is 3.90. The number of rotatable bonds is 6. The molecular weight excluding hydrogens is 422 g/mol. The zero-order valence-electron chi connectivity index (χ0n) is 21.0. The Hall–Kier alpha value is -3.28. The number of allylic oxidation sites excluding steroid dienone is 1. The molecule has 182 valence electrons. The van der Waals surface area contributed by atoms with Gasteiger partial charge < -0.3 is 14.5 Å². The number of methoxy groups -OCH3 is 1. The molecule has 0 aliphatic carbocycles. The minimum atomic E-state index is -2.73. The van der Waals surface area contributed by atoms with Crippen molar-refractivity contribution in [1.82, 2.24) is 0 Å². The summed E-state index contributed by atoms with van der Waals surface area (Å²) in [6.45, 7) is 18.6. The lowest BCUT2D eigenvalue weighted by Crippen LogP contribution is -2.13. The van der Waals surface area contributed by atoms with Crippen LogP contribution in [0.4, 0.5) is 8.78 Å². The summed E-state index contributed by atoms with van der Waals surface area (Å²) in [5.74, 6) is 0.443. The highest BCUT2D eigenvalue weighted by atomic mass is 19.3. The molecule has 2 aromatic rings. The maximum Gasteiger partial charge on any atom is 0.312 e. The van der Waals surface area contributed by atoms with Crippen molar-refractivity contribution in [1.29, 1.82) is 0 Å². The summed E-state index contributed by atoms with van der Waals surface area (Å²) in [4.78, 5) is 6.62. The third kappa shape index (κ3) is 13.7. The molecule has 0 aliphatic rings. The molecule has 2 aromatic carbocycles. The average Bonchev–Trinajstić information content (AvgIpc) is 2.84. The Balaban J connectivity index is 0. The Bertz CT molecular complexity index is 843. The van der Waals surface area contributed by atoms with Crippen LogP contribution in [0.25, 0.3) is 11.3 Å². The van der Waals surface area contributed by atoms with E-state index in [2.05, 4.69) is 29.9 Å². The summed E-state index contributed by atoms with van der Waals surface area (Å²) in [5.41, 5.74) is 4.07. The first-order valence-corrected chi connectivity index (χ1v) is 10.6. The zero-order valence-corrected chi connectivity index (χ0v) is 21.0. The van der Waals surface area contributed by atoms with Crippen LogP contribution in [0.3, 0.4) is 0 Å². The molecule has 0 heterocycles. The summed E-state index contributed by atoms with van der Waals surface area (Å²) in [7, 11) is 4.56. The van der Waals surface area contributed by atoms with Crippen LogP contribution in [0.5, 0.6) is 5.75 Å². The van der Waals surface area contributed by atoms with Crippen LogP contribution in [-0.4, -0.2) is 40.2 Å². The van der Waals surface area contributed by atoms with Gasteiger partial charge in [-0.25, -0.2) is 0 Å². The van der Waals surface area contributed by atoms with Crippen LogP contribution >= 0.6 is 0 Å². The third-order valence-electron chi connectivity index (χ3n) is 3.90. The number of halogens is 2. The Morgan fingerprint density at radius 1 is 0.939 bits per heavy atom. The standard InChI is InChI=1S/C13H15F2NO.C10H12O.C2H5N.C2H6/c1-4-10-5-7-11(8-6-10)9(2)17-13(16-3)12(14)15;1-8(2)9-4-6-10(11-3)7-5-9;1-3-2;1-2/h5-8,12H,2,4H2,1,3H3;4-7H,1H2,2-3H3;1H2,2H3;1-2H3. The van der Waals surface area contributed by atoms with Crippen molar-refractivity contribution in [3.05, 3.63) is 78.4 Å². The molecule has 0 saturated heterocycles. The fourth-order valence-corrected chi connectivity index (χ4v) is 2.17. The SMILES string of the molecule is C=C(C)c1ccc(OC)cc1.C=C(OC(=NC)C(F)F)c1ccc(CC)cc1.C=NC.CC. The van der Waals surface area contributed by atoms with Gasteiger partial charge in [-0.15, -0.1) is 0 Å². The van der Waals surface area contributed by atoms with E-state index in [1.165, 1.54) is 12.6 Å². The van der Waals surface area contributed by atoms with Crippen molar-refractivity contribution in [3.8, 4) is 5.75 Å². The van der Waals surface area contributed by atoms with E-state index in [1.807, 2.05) is 64.1 Å². The molecular formula is C27H38F2N2O2. The van der Waals surface area contributed by atoms with E-state index in [4.69, 9.17) is 9.47 Å². The Kier molecular flexibility index (Phi) is 18.8. The van der Waals surface area contributed by atoms with Crippen molar-refractivity contribution in [2.24, 2.45) is 9.98 Å². The summed E-state index contributed by atoms with van der Waals surface area (Å²) in [5, 5.41) is 0. The van der Waals surface area contributed by atoms with Gasteiger partial charge in [0.15, 0.2) is 0 Å². The van der Waals surface area contributed by atoms with Gasteiger partial charge in [-0.3, -0.25) is 4.99 Å². The first-order valence-electron chi connectivity index (χ1n) is 10.6. The van der Waals surface area contributed by atoms with Crippen LogP contribution in [0.2, 0.25) is 0 Å². The highest BCUT2D eigenvalue weighted by Crippen LogP contribution is 2.17. The topological polar surface area (TPSA) is 43.2 Å². The van der Waals surface area contributed by atoms with Gasteiger partial charge in [-0.2, -0.15) is 8.78 Å². The molecule has 0 N–H and O–H groups in total. The van der Waals surface area contributed by atoms with Crippen LogP contribution in [0.15, 0.2) is 71.7 Å². The van der Waals surface area contributed by atoms with Crippen molar-refractivity contribution >= 4 is 23.9 Å². The Morgan fingerprint density at radius 2 is 1.39 bits per heavy atom. The predicted octanol–water partition coefficient (Wildman–Crippen LogP) is 7.60.